The van der Waals surface area contributed by atoms with Crippen LogP contribution in [0.2, 0.25) is 5.02 Å². The predicted molar refractivity (Wildman–Crippen MR) is 128 cm³/mol. The number of ether oxygens (including phenoxy) is 1. The van der Waals surface area contributed by atoms with Crippen LogP contribution in [0.15, 0.2) is 29.6 Å². The molecule has 1 saturated carbocycles. The van der Waals surface area contributed by atoms with Crippen molar-refractivity contribution in [2.24, 2.45) is 0 Å². The lowest BCUT2D eigenvalue weighted by atomic mass is 9.90. The van der Waals surface area contributed by atoms with E-state index in [1.807, 2.05) is 0 Å². The molecular formula is C24H32ClN3O3S. The van der Waals surface area contributed by atoms with Gasteiger partial charge in [0.2, 0.25) is 5.91 Å². The number of halogens is 1. The highest BCUT2D eigenvalue weighted by Gasteiger charge is 2.28. The number of unbranched alkanes of at least 4 members (excludes halogenated alkanes) is 3. The Kier molecular flexibility index (Phi) is 9.81. The van der Waals surface area contributed by atoms with Crippen LogP contribution in [0.4, 0.5) is 0 Å². The second kappa shape index (κ2) is 12.8. The number of hydrogen-bond donors (Lipinski definition) is 2. The van der Waals surface area contributed by atoms with Gasteiger partial charge in [0.1, 0.15) is 23.1 Å². The lowest BCUT2D eigenvalue weighted by Gasteiger charge is -2.32. The number of aromatic nitrogens is 1. The van der Waals surface area contributed by atoms with Gasteiger partial charge >= 0.3 is 0 Å². The molecule has 1 aliphatic carbocycles. The van der Waals surface area contributed by atoms with Crippen LogP contribution in [0.5, 0.6) is 5.75 Å². The first-order chi connectivity index (χ1) is 15.5. The molecule has 8 heteroatoms. The average molecular weight is 478 g/mol. The van der Waals surface area contributed by atoms with E-state index < -0.39 is 0 Å². The fourth-order valence-corrected chi connectivity index (χ4v) is 4.68. The largest absolute Gasteiger partial charge is 0.486 e. The molecule has 1 aromatic heterocycles. The van der Waals surface area contributed by atoms with E-state index >= 15 is 0 Å². The Morgan fingerprint density at radius 1 is 1.09 bits per heavy atom. The standard InChI is InChI=1S/C24H32ClN3O3S/c1-2-3-4-5-10-22(29)26-19-8-6-7-9-20(19)28-24(30)21-16-32-23(27-21)15-31-18-13-11-17(25)12-14-18/h11-14,16,19-20H,2-10,15H2,1H3,(H,26,29)(H,28,30)/t19-,20-/m1/s1. The zero-order chi connectivity index (χ0) is 22.8. The second-order valence-electron chi connectivity index (χ2n) is 8.22. The first kappa shape index (κ1) is 24.5. The van der Waals surface area contributed by atoms with Gasteiger partial charge in [-0.05, 0) is 43.5 Å². The third-order valence-electron chi connectivity index (χ3n) is 5.65. The number of amides is 2. The van der Waals surface area contributed by atoms with Crippen LogP contribution in [0.1, 0.15) is 80.2 Å². The van der Waals surface area contributed by atoms with Crippen molar-refractivity contribution in [2.75, 3.05) is 0 Å². The van der Waals surface area contributed by atoms with E-state index in [4.69, 9.17) is 16.3 Å². The Hall–Kier alpha value is -2.12. The number of carbonyl (C=O) groups is 2. The number of rotatable bonds is 11. The average Bonchev–Trinajstić information content (AvgIpc) is 3.27. The minimum absolute atomic E-state index is 0.0160. The van der Waals surface area contributed by atoms with Gasteiger partial charge in [-0.2, -0.15) is 0 Å². The van der Waals surface area contributed by atoms with Crippen LogP contribution in [-0.4, -0.2) is 28.9 Å². The van der Waals surface area contributed by atoms with Gasteiger partial charge in [0.05, 0.1) is 0 Å². The molecule has 174 valence electrons. The Labute approximate surface area is 199 Å². The summed E-state index contributed by atoms with van der Waals surface area (Å²) >= 11 is 7.28. The van der Waals surface area contributed by atoms with Crippen LogP contribution in [0.3, 0.4) is 0 Å². The van der Waals surface area contributed by atoms with E-state index in [1.54, 1.807) is 29.6 Å². The summed E-state index contributed by atoms with van der Waals surface area (Å²) in [6, 6.07) is 7.05. The molecule has 2 atom stereocenters. The van der Waals surface area contributed by atoms with Crippen LogP contribution >= 0.6 is 22.9 Å². The van der Waals surface area contributed by atoms with Crippen LogP contribution in [0.25, 0.3) is 0 Å². The zero-order valence-corrected chi connectivity index (χ0v) is 20.1. The van der Waals surface area contributed by atoms with Crippen molar-refractivity contribution in [3.8, 4) is 5.75 Å². The molecule has 1 heterocycles. The molecule has 6 nitrogen and oxygen atoms in total. The number of carbonyl (C=O) groups excluding carboxylic acids is 2. The van der Waals surface area contributed by atoms with Crippen molar-refractivity contribution in [2.45, 2.75) is 83.4 Å². The highest BCUT2D eigenvalue weighted by molar-refractivity contribution is 7.09. The van der Waals surface area contributed by atoms with Gasteiger partial charge in [0.15, 0.2) is 0 Å². The molecule has 0 saturated heterocycles. The maximum Gasteiger partial charge on any atom is 0.271 e. The summed E-state index contributed by atoms with van der Waals surface area (Å²) in [6.07, 6.45) is 8.75. The minimum Gasteiger partial charge on any atom is -0.486 e. The summed E-state index contributed by atoms with van der Waals surface area (Å²) in [7, 11) is 0. The van der Waals surface area contributed by atoms with E-state index in [2.05, 4.69) is 22.5 Å². The van der Waals surface area contributed by atoms with Crippen molar-refractivity contribution in [3.63, 3.8) is 0 Å². The zero-order valence-electron chi connectivity index (χ0n) is 18.6. The maximum atomic E-state index is 12.8. The second-order valence-corrected chi connectivity index (χ2v) is 9.60. The Bertz CT molecular complexity index is 872. The van der Waals surface area contributed by atoms with E-state index in [9.17, 15) is 9.59 Å². The quantitative estimate of drug-likeness (QED) is 0.418. The molecule has 32 heavy (non-hydrogen) atoms. The van der Waals surface area contributed by atoms with Crippen molar-refractivity contribution in [1.29, 1.82) is 0 Å². The number of thiazole rings is 1. The summed E-state index contributed by atoms with van der Waals surface area (Å²) < 4.78 is 5.71. The molecule has 2 amide bonds. The van der Waals surface area contributed by atoms with E-state index in [0.29, 0.717) is 29.5 Å². The molecule has 0 spiro atoms. The molecule has 0 aliphatic heterocycles. The Morgan fingerprint density at radius 2 is 1.81 bits per heavy atom. The molecule has 1 aliphatic rings. The van der Waals surface area contributed by atoms with Crippen LogP contribution in [0, 0.1) is 0 Å². The van der Waals surface area contributed by atoms with Crippen molar-refractivity contribution in [3.05, 3.63) is 45.4 Å². The molecule has 2 aromatic rings. The topological polar surface area (TPSA) is 80.3 Å². The first-order valence-electron chi connectivity index (χ1n) is 11.5. The highest BCUT2D eigenvalue weighted by atomic mass is 35.5. The van der Waals surface area contributed by atoms with Crippen molar-refractivity contribution < 1.29 is 14.3 Å². The van der Waals surface area contributed by atoms with Gasteiger partial charge in [-0.1, -0.05) is 50.6 Å². The third kappa shape index (κ3) is 7.78. The lowest BCUT2D eigenvalue weighted by molar-refractivity contribution is -0.122. The summed E-state index contributed by atoms with van der Waals surface area (Å²) in [4.78, 5) is 29.5. The summed E-state index contributed by atoms with van der Waals surface area (Å²) in [5.41, 5.74) is 0.389. The van der Waals surface area contributed by atoms with Crippen molar-refractivity contribution >= 4 is 34.8 Å². The van der Waals surface area contributed by atoms with Crippen molar-refractivity contribution in [1.82, 2.24) is 15.6 Å². The summed E-state index contributed by atoms with van der Waals surface area (Å²) in [5.74, 6) is 0.585. The fourth-order valence-electron chi connectivity index (χ4n) is 3.87. The van der Waals surface area contributed by atoms with E-state index in [-0.39, 0.29) is 23.9 Å². The molecule has 1 fully saturated rings. The molecule has 2 N–H and O–H groups in total. The van der Waals surface area contributed by atoms with Gasteiger partial charge in [0, 0.05) is 28.9 Å². The van der Waals surface area contributed by atoms with E-state index in [0.717, 1.165) is 56.4 Å². The Balaban J connectivity index is 1.48. The summed E-state index contributed by atoms with van der Waals surface area (Å²) in [5, 5.41) is 9.37. The first-order valence-corrected chi connectivity index (χ1v) is 12.7. The smallest absolute Gasteiger partial charge is 0.271 e. The predicted octanol–water partition coefficient (Wildman–Crippen LogP) is 5.50. The molecule has 3 rings (SSSR count). The lowest BCUT2D eigenvalue weighted by Crippen LogP contribution is -2.53. The van der Waals surface area contributed by atoms with Crippen LogP contribution in [-0.2, 0) is 11.4 Å². The van der Waals surface area contributed by atoms with Gasteiger partial charge < -0.3 is 15.4 Å². The highest BCUT2D eigenvalue weighted by Crippen LogP contribution is 2.21. The molecule has 0 radical (unpaired) electrons. The molecular weight excluding hydrogens is 446 g/mol. The SMILES string of the molecule is CCCCCCC(=O)N[C@@H]1CCCC[C@H]1NC(=O)c1csc(COc2ccc(Cl)cc2)n1. The summed E-state index contributed by atoms with van der Waals surface area (Å²) in [6.45, 7) is 2.45. The van der Waals surface area contributed by atoms with Gasteiger partial charge in [-0.15, -0.1) is 11.3 Å². The third-order valence-corrected chi connectivity index (χ3v) is 6.72. The molecule has 1 aromatic carbocycles. The number of nitrogens with zero attached hydrogens (tertiary/aromatic N) is 1. The molecule has 0 bridgehead atoms. The van der Waals surface area contributed by atoms with E-state index in [1.165, 1.54) is 11.3 Å². The monoisotopic (exact) mass is 477 g/mol. The maximum absolute atomic E-state index is 12.8. The van der Waals surface area contributed by atoms with Gasteiger partial charge in [-0.25, -0.2) is 4.98 Å². The fraction of sp³-hybridized carbons (Fsp3) is 0.542. The molecule has 0 unspecified atom stereocenters. The number of nitrogens with one attached hydrogen (secondary N) is 2. The normalized spacial score (nSPS) is 18.2. The minimum atomic E-state index is -0.201. The van der Waals surface area contributed by atoms with Gasteiger partial charge in [-0.3, -0.25) is 9.59 Å². The van der Waals surface area contributed by atoms with Gasteiger partial charge in [0.25, 0.3) is 5.91 Å². The Morgan fingerprint density at radius 3 is 2.53 bits per heavy atom. The van der Waals surface area contributed by atoms with Crippen LogP contribution < -0.4 is 15.4 Å². The number of benzene rings is 1. The number of hydrogen-bond acceptors (Lipinski definition) is 5.